The van der Waals surface area contributed by atoms with Crippen molar-refractivity contribution in [2.24, 2.45) is 0 Å². The zero-order valence-corrected chi connectivity index (χ0v) is 4.14. The molecule has 0 aromatic carbocycles. The first-order valence-electron chi connectivity index (χ1n) is 2.05. The maximum absolute atomic E-state index is 10.1. The number of carbonyl (C=O) groups excluding carboxylic acids is 1. The molecule has 2 nitrogen and oxygen atoms in total. The van der Waals surface area contributed by atoms with E-state index >= 15 is 0 Å². The van der Waals surface area contributed by atoms with Gasteiger partial charge in [-0.25, -0.2) is 0 Å². The van der Waals surface area contributed by atoms with Gasteiger partial charge in [0.05, 0.1) is 6.61 Å². The Labute approximate surface area is 43.5 Å². The van der Waals surface area contributed by atoms with Crippen molar-refractivity contribution in [3.8, 4) is 0 Å². The highest BCUT2D eigenvalue weighted by molar-refractivity contribution is 5.69. The topological polar surface area (TPSA) is 26.3 Å². The van der Waals surface area contributed by atoms with Gasteiger partial charge in [-0.05, 0) is 13.8 Å². The SMILES string of the molecule is [CH2]COC(=O)C[CH2]. The Morgan fingerprint density at radius 3 is 2.29 bits per heavy atom. The first-order chi connectivity index (χ1) is 3.31. The predicted molar refractivity (Wildman–Crippen MR) is 26.3 cm³/mol. The molecule has 0 rings (SSSR count). The van der Waals surface area contributed by atoms with Gasteiger partial charge in [0, 0.05) is 6.42 Å². The van der Waals surface area contributed by atoms with E-state index in [9.17, 15) is 4.79 Å². The summed E-state index contributed by atoms with van der Waals surface area (Å²) >= 11 is 0. The fourth-order valence-corrected chi connectivity index (χ4v) is 0.186. The number of carbonyl (C=O) groups is 1. The van der Waals surface area contributed by atoms with Crippen molar-refractivity contribution in [3.63, 3.8) is 0 Å². The van der Waals surface area contributed by atoms with E-state index in [4.69, 9.17) is 0 Å². The molecule has 0 unspecified atom stereocenters. The van der Waals surface area contributed by atoms with E-state index in [2.05, 4.69) is 18.6 Å². The van der Waals surface area contributed by atoms with Gasteiger partial charge >= 0.3 is 5.97 Å². The Morgan fingerprint density at radius 1 is 1.57 bits per heavy atom. The van der Waals surface area contributed by atoms with Crippen molar-refractivity contribution in [3.05, 3.63) is 13.8 Å². The third kappa shape index (κ3) is 3.30. The van der Waals surface area contributed by atoms with Crippen LogP contribution < -0.4 is 0 Å². The van der Waals surface area contributed by atoms with Crippen molar-refractivity contribution in [2.75, 3.05) is 6.61 Å². The second-order valence-electron chi connectivity index (χ2n) is 0.970. The van der Waals surface area contributed by atoms with Crippen LogP contribution in [0, 0.1) is 13.8 Å². The number of hydrogen-bond acceptors (Lipinski definition) is 2. The van der Waals surface area contributed by atoms with Crippen molar-refractivity contribution in [1.29, 1.82) is 0 Å². The lowest BCUT2D eigenvalue weighted by Gasteiger charge is -1.93. The second kappa shape index (κ2) is 3.65. The monoisotopic (exact) mass is 100 g/mol. The number of ether oxygens (including phenoxy) is 1. The lowest BCUT2D eigenvalue weighted by atomic mass is 10.5. The largest absolute Gasteiger partial charge is 0.466 e. The minimum absolute atomic E-state index is 0.190. The Morgan fingerprint density at radius 2 is 2.14 bits per heavy atom. The van der Waals surface area contributed by atoms with E-state index in [1.165, 1.54) is 0 Å². The number of rotatable bonds is 2. The summed E-state index contributed by atoms with van der Waals surface area (Å²) in [5.41, 5.74) is 0. The molecule has 2 radical (unpaired) electrons. The van der Waals surface area contributed by atoms with Gasteiger partial charge in [0.15, 0.2) is 0 Å². The Bertz CT molecular complexity index is 59.1. The van der Waals surface area contributed by atoms with Crippen molar-refractivity contribution < 1.29 is 9.53 Å². The lowest BCUT2D eigenvalue weighted by Crippen LogP contribution is -2.00. The summed E-state index contributed by atoms with van der Waals surface area (Å²) in [5, 5.41) is 0. The molecule has 0 saturated heterocycles. The highest BCUT2D eigenvalue weighted by Crippen LogP contribution is 1.79. The smallest absolute Gasteiger partial charge is 0.305 e. The maximum atomic E-state index is 10.1. The summed E-state index contributed by atoms with van der Waals surface area (Å²) in [5.74, 6) is -0.296. The Balaban J connectivity index is 3.00. The van der Waals surface area contributed by atoms with Crippen LogP contribution in [0.4, 0.5) is 0 Å². The molecule has 7 heavy (non-hydrogen) atoms. The van der Waals surface area contributed by atoms with Gasteiger partial charge < -0.3 is 4.74 Å². The van der Waals surface area contributed by atoms with Crippen molar-refractivity contribution in [2.45, 2.75) is 6.42 Å². The lowest BCUT2D eigenvalue weighted by molar-refractivity contribution is -0.141. The molecule has 0 amide bonds. The Hall–Kier alpha value is -0.530. The van der Waals surface area contributed by atoms with E-state index in [1.807, 2.05) is 0 Å². The molecule has 0 aliphatic rings. The van der Waals surface area contributed by atoms with E-state index in [0.29, 0.717) is 0 Å². The van der Waals surface area contributed by atoms with Crippen molar-refractivity contribution >= 4 is 5.97 Å². The van der Waals surface area contributed by atoms with Crippen LogP contribution >= 0.6 is 0 Å². The highest BCUT2D eigenvalue weighted by Gasteiger charge is 1.91. The van der Waals surface area contributed by atoms with Crippen LogP contribution in [0.5, 0.6) is 0 Å². The van der Waals surface area contributed by atoms with Crippen LogP contribution in [-0.2, 0) is 9.53 Å². The molecule has 0 aliphatic carbocycles. The third-order valence-corrected chi connectivity index (χ3v) is 0.467. The molecule has 0 bridgehead atoms. The average molecular weight is 100 g/mol. The first-order valence-corrected chi connectivity index (χ1v) is 2.05. The summed E-state index contributed by atoms with van der Waals surface area (Å²) in [7, 11) is 0. The van der Waals surface area contributed by atoms with E-state index in [0.717, 1.165) is 0 Å². The van der Waals surface area contributed by atoms with Gasteiger partial charge in [0.1, 0.15) is 0 Å². The quantitative estimate of drug-likeness (QED) is 0.475. The molecule has 0 saturated carbocycles. The van der Waals surface area contributed by atoms with Gasteiger partial charge in [-0.1, -0.05) is 0 Å². The summed E-state index contributed by atoms with van der Waals surface area (Å²) in [6.45, 7) is 6.81. The van der Waals surface area contributed by atoms with Crippen LogP contribution in [0.25, 0.3) is 0 Å². The van der Waals surface area contributed by atoms with Crippen LogP contribution in [0.15, 0.2) is 0 Å². The summed E-state index contributed by atoms with van der Waals surface area (Å²) in [6, 6.07) is 0. The van der Waals surface area contributed by atoms with Gasteiger partial charge in [0.25, 0.3) is 0 Å². The number of hydrogen-bond donors (Lipinski definition) is 0. The van der Waals surface area contributed by atoms with Crippen molar-refractivity contribution in [1.82, 2.24) is 0 Å². The molecule has 0 atom stereocenters. The fourth-order valence-electron chi connectivity index (χ4n) is 0.186. The summed E-state index contributed by atoms with van der Waals surface area (Å²) in [6.07, 6.45) is 0.190. The molecule has 40 valence electrons. The standard InChI is InChI=1S/C5H8O2/c1-3-5(6)7-4-2/h1-4H2. The van der Waals surface area contributed by atoms with Crippen LogP contribution in [-0.4, -0.2) is 12.6 Å². The van der Waals surface area contributed by atoms with Gasteiger partial charge in [-0.2, -0.15) is 0 Å². The summed E-state index contributed by atoms with van der Waals surface area (Å²) < 4.78 is 4.38. The van der Waals surface area contributed by atoms with Gasteiger partial charge in [-0.3, -0.25) is 4.79 Å². The Kier molecular flexibility index (Phi) is 3.38. The molecule has 0 N–H and O–H groups in total. The van der Waals surface area contributed by atoms with Crippen LogP contribution in [0.3, 0.4) is 0 Å². The van der Waals surface area contributed by atoms with Crippen LogP contribution in [0.2, 0.25) is 0 Å². The molecular formula is C5H8O2. The number of esters is 1. The molecular weight excluding hydrogens is 92.1 g/mol. The van der Waals surface area contributed by atoms with Crippen LogP contribution in [0.1, 0.15) is 6.42 Å². The maximum Gasteiger partial charge on any atom is 0.305 e. The summed E-state index contributed by atoms with van der Waals surface area (Å²) in [4.78, 5) is 10.1. The first kappa shape index (κ1) is 6.47. The zero-order chi connectivity index (χ0) is 5.70. The fraction of sp³-hybridized carbons (Fsp3) is 0.400. The molecule has 0 aliphatic heterocycles. The molecule has 0 heterocycles. The second-order valence-corrected chi connectivity index (χ2v) is 0.970. The third-order valence-electron chi connectivity index (χ3n) is 0.467. The molecule has 0 fully saturated rings. The molecule has 0 aromatic rings. The minimum Gasteiger partial charge on any atom is -0.466 e. The van der Waals surface area contributed by atoms with E-state index in [1.54, 1.807) is 0 Å². The van der Waals surface area contributed by atoms with Gasteiger partial charge in [-0.15, -0.1) is 0 Å². The van der Waals surface area contributed by atoms with Gasteiger partial charge in [0.2, 0.25) is 0 Å². The average Bonchev–Trinajstić information content (AvgIpc) is 1.68. The minimum atomic E-state index is -0.296. The molecule has 0 aromatic heterocycles. The molecule has 2 heteroatoms. The predicted octanol–water partition coefficient (Wildman–Crippen LogP) is 0.588. The van der Waals surface area contributed by atoms with E-state index in [-0.39, 0.29) is 19.0 Å². The highest BCUT2D eigenvalue weighted by atomic mass is 16.5. The normalized spacial score (nSPS) is 8.29. The zero-order valence-electron chi connectivity index (χ0n) is 4.14. The molecule has 0 spiro atoms. The van der Waals surface area contributed by atoms with E-state index < -0.39 is 0 Å².